The van der Waals surface area contributed by atoms with E-state index < -0.39 is 12.1 Å². The van der Waals surface area contributed by atoms with Gasteiger partial charge < -0.3 is 5.11 Å². The van der Waals surface area contributed by atoms with Gasteiger partial charge in [0, 0.05) is 6.20 Å². The van der Waals surface area contributed by atoms with Crippen molar-refractivity contribution in [3.63, 3.8) is 0 Å². The Kier molecular flexibility index (Phi) is 6.16. The molecule has 2 aromatic carbocycles. The number of nitrogens with zero attached hydrogens (tertiary/aromatic N) is 3. The molecule has 6 heteroatoms. The fourth-order valence-electron chi connectivity index (χ4n) is 2.86. The minimum Gasteiger partial charge on any atom is -0.374 e. The van der Waals surface area contributed by atoms with E-state index in [1.807, 2.05) is 54.6 Å². The molecule has 0 fully saturated rings. The highest BCUT2D eigenvalue weighted by atomic mass is 16.5. The topological polar surface area (TPSA) is 76.9 Å². The van der Waals surface area contributed by atoms with Crippen molar-refractivity contribution < 1.29 is 15.1 Å². The number of aliphatic hydroxyl groups excluding tert-OH is 1. The Bertz CT molecular complexity index is 945. The van der Waals surface area contributed by atoms with Crippen LogP contribution >= 0.6 is 0 Å². The standard InChI is InChI=1S/C22H23N3O3/c1-24(2)21(26)19-10-6-9-17(13-19)18-11-12-23-20(14-18)22(27)25(28)15-16-7-4-3-5-8-16/h3-14,21,26,28H,15H2,1-2H3. The highest BCUT2D eigenvalue weighted by molar-refractivity contribution is 5.92. The van der Waals surface area contributed by atoms with E-state index in [2.05, 4.69) is 4.98 Å². The van der Waals surface area contributed by atoms with E-state index in [0.29, 0.717) is 5.06 Å². The number of pyridine rings is 1. The van der Waals surface area contributed by atoms with Gasteiger partial charge in [-0.15, -0.1) is 0 Å². The van der Waals surface area contributed by atoms with Gasteiger partial charge in [-0.1, -0.05) is 48.5 Å². The number of carbonyl (C=O) groups excluding carboxylic acids is 1. The van der Waals surface area contributed by atoms with Gasteiger partial charge in [-0.05, 0) is 54.5 Å². The fourth-order valence-corrected chi connectivity index (χ4v) is 2.86. The average Bonchev–Trinajstić information content (AvgIpc) is 2.73. The van der Waals surface area contributed by atoms with Crippen LogP contribution in [0.2, 0.25) is 0 Å². The largest absolute Gasteiger partial charge is 0.374 e. The molecule has 1 heterocycles. The van der Waals surface area contributed by atoms with E-state index in [-0.39, 0.29) is 12.2 Å². The third-order valence-electron chi connectivity index (χ3n) is 4.40. The Labute approximate surface area is 164 Å². The van der Waals surface area contributed by atoms with Crippen molar-refractivity contribution in [3.8, 4) is 11.1 Å². The highest BCUT2D eigenvalue weighted by Gasteiger charge is 2.17. The molecule has 6 nitrogen and oxygen atoms in total. The number of aliphatic hydroxyl groups is 1. The summed E-state index contributed by atoms with van der Waals surface area (Å²) >= 11 is 0. The molecule has 0 aliphatic heterocycles. The van der Waals surface area contributed by atoms with E-state index in [4.69, 9.17) is 0 Å². The Balaban J connectivity index is 1.82. The van der Waals surface area contributed by atoms with Crippen LogP contribution in [0.25, 0.3) is 11.1 Å². The van der Waals surface area contributed by atoms with Crippen molar-refractivity contribution in [2.24, 2.45) is 0 Å². The van der Waals surface area contributed by atoms with Crippen LogP contribution in [0, 0.1) is 0 Å². The minimum atomic E-state index is -0.721. The van der Waals surface area contributed by atoms with Crippen molar-refractivity contribution in [1.82, 2.24) is 14.9 Å². The number of carbonyl (C=O) groups is 1. The van der Waals surface area contributed by atoms with Gasteiger partial charge in [0.05, 0.1) is 6.54 Å². The first-order valence-electron chi connectivity index (χ1n) is 8.91. The monoisotopic (exact) mass is 377 g/mol. The van der Waals surface area contributed by atoms with E-state index in [0.717, 1.165) is 22.3 Å². The number of hydroxylamine groups is 2. The second-order valence-electron chi connectivity index (χ2n) is 6.74. The number of hydrogen-bond acceptors (Lipinski definition) is 5. The number of amides is 1. The predicted molar refractivity (Wildman–Crippen MR) is 106 cm³/mol. The third-order valence-corrected chi connectivity index (χ3v) is 4.40. The van der Waals surface area contributed by atoms with Gasteiger partial charge in [0.2, 0.25) is 0 Å². The molecule has 1 amide bonds. The van der Waals surface area contributed by atoms with Crippen LogP contribution in [0.15, 0.2) is 72.9 Å². The molecule has 0 bridgehead atoms. The molecule has 1 atom stereocenters. The lowest BCUT2D eigenvalue weighted by molar-refractivity contribution is -0.0652. The molecule has 1 unspecified atom stereocenters. The Morgan fingerprint density at radius 3 is 2.43 bits per heavy atom. The van der Waals surface area contributed by atoms with Crippen LogP contribution in [0.1, 0.15) is 27.8 Å². The first kappa shape index (κ1) is 19.7. The number of benzene rings is 2. The molecule has 28 heavy (non-hydrogen) atoms. The average molecular weight is 377 g/mol. The molecule has 2 N–H and O–H groups in total. The Morgan fingerprint density at radius 1 is 1.00 bits per heavy atom. The molecular formula is C22H23N3O3. The van der Waals surface area contributed by atoms with E-state index in [9.17, 15) is 15.1 Å². The molecule has 0 aliphatic rings. The zero-order chi connectivity index (χ0) is 20.1. The lowest BCUT2D eigenvalue weighted by atomic mass is 10.0. The molecule has 1 aromatic heterocycles. The first-order valence-corrected chi connectivity index (χ1v) is 8.91. The molecule has 3 rings (SSSR count). The van der Waals surface area contributed by atoms with Crippen LogP contribution in [0.4, 0.5) is 0 Å². The van der Waals surface area contributed by atoms with Gasteiger partial charge in [-0.25, -0.2) is 5.06 Å². The summed E-state index contributed by atoms with van der Waals surface area (Å²) in [5, 5.41) is 21.1. The quantitative estimate of drug-likeness (QED) is 0.391. The smallest absolute Gasteiger partial charge is 0.296 e. The van der Waals surface area contributed by atoms with Gasteiger partial charge >= 0.3 is 0 Å². The van der Waals surface area contributed by atoms with Crippen LogP contribution in [0.5, 0.6) is 0 Å². The lowest BCUT2D eigenvalue weighted by Gasteiger charge is -2.19. The molecule has 0 radical (unpaired) electrons. The van der Waals surface area contributed by atoms with Crippen molar-refractivity contribution >= 4 is 5.91 Å². The molecule has 3 aromatic rings. The Morgan fingerprint density at radius 2 is 1.71 bits per heavy atom. The summed E-state index contributed by atoms with van der Waals surface area (Å²) in [6.45, 7) is 0.0795. The van der Waals surface area contributed by atoms with Crippen molar-refractivity contribution in [1.29, 1.82) is 0 Å². The van der Waals surface area contributed by atoms with Crippen molar-refractivity contribution in [2.45, 2.75) is 12.8 Å². The Hall–Kier alpha value is -3.06. The lowest BCUT2D eigenvalue weighted by Crippen LogP contribution is -2.27. The summed E-state index contributed by atoms with van der Waals surface area (Å²) in [6.07, 6.45) is 0.815. The summed E-state index contributed by atoms with van der Waals surface area (Å²) in [5.74, 6) is -0.574. The minimum absolute atomic E-state index is 0.0795. The van der Waals surface area contributed by atoms with Gasteiger partial charge in [0.25, 0.3) is 5.91 Å². The molecule has 0 spiro atoms. The maximum atomic E-state index is 12.6. The number of hydrogen-bond donors (Lipinski definition) is 2. The predicted octanol–water partition coefficient (Wildman–Crippen LogP) is 3.33. The maximum absolute atomic E-state index is 12.6. The summed E-state index contributed by atoms with van der Waals surface area (Å²) in [5.41, 5.74) is 3.34. The SMILES string of the molecule is CN(C)C(O)c1cccc(-c2ccnc(C(=O)N(O)Cc3ccccc3)c2)c1. The molecule has 0 saturated heterocycles. The number of aromatic nitrogens is 1. The zero-order valence-electron chi connectivity index (χ0n) is 15.9. The van der Waals surface area contributed by atoms with Crippen LogP contribution < -0.4 is 0 Å². The first-order chi connectivity index (χ1) is 13.5. The summed E-state index contributed by atoms with van der Waals surface area (Å²) in [6, 6.07) is 20.1. The highest BCUT2D eigenvalue weighted by Crippen LogP contribution is 2.24. The van der Waals surface area contributed by atoms with E-state index in [1.165, 1.54) is 6.20 Å². The number of rotatable bonds is 6. The van der Waals surface area contributed by atoms with Crippen molar-refractivity contribution in [3.05, 3.63) is 89.7 Å². The van der Waals surface area contributed by atoms with E-state index in [1.54, 1.807) is 31.1 Å². The maximum Gasteiger partial charge on any atom is 0.296 e. The second-order valence-corrected chi connectivity index (χ2v) is 6.74. The molecule has 0 saturated carbocycles. The second kappa shape index (κ2) is 8.75. The van der Waals surface area contributed by atoms with E-state index >= 15 is 0 Å². The third kappa shape index (κ3) is 4.61. The summed E-state index contributed by atoms with van der Waals surface area (Å²) in [4.78, 5) is 18.4. The molecule has 144 valence electrons. The molecule has 0 aliphatic carbocycles. The van der Waals surface area contributed by atoms with Gasteiger partial charge in [-0.3, -0.25) is 19.9 Å². The fraction of sp³-hybridized carbons (Fsp3) is 0.182. The van der Waals surface area contributed by atoms with Crippen LogP contribution in [-0.4, -0.2) is 45.3 Å². The van der Waals surface area contributed by atoms with Crippen LogP contribution in [-0.2, 0) is 6.54 Å². The molecular weight excluding hydrogens is 354 g/mol. The summed E-state index contributed by atoms with van der Waals surface area (Å²) in [7, 11) is 3.59. The van der Waals surface area contributed by atoms with Gasteiger partial charge in [0.15, 0.2) is 0 Å². The van der Waals surface area contributed by atoms with Crippen LogP contribution in [0.3, 0.4) is 0 Å². The zero-order valence-corrected chi connectivity index (χ0v) is 15.9. The normalized spacial score (nSPS) is 12.0. The van der Waals surface area contributed by atoms with Gasteiger partial charge in [0.1, 0.15) is 11.9 Å². The van der Waals surface area contributed by atoms with Crippen molar-refractivity contribution in [2.75, 3.05) is 14.1 Å². The van der Waals surface area contributed by atoms with Gasteiger partial charge in [-0.2, -0.15) is 0 Å². The summed E-state index contributed by atoms with van der Waals surface area (Å²) < 4.78 is 0.